The van der Waals surface area contributed by atoms with Crippen LogP contribution >= 0.6 is 0 Å². The molecule has 1 fully saturated rings. The summed E-state index contributed by atoms with van der Waals surface area (Å²) in [5.41, 5.74) is 2.12. The Labute approximate surface area is 105 Å². The molecule has 1 aliphatic rings. The average Bonchev–Trinajstić information content (AvgIpc) is 2.33. The van der Waals surface area contributed by atoms with Crippen molar-refractivity contribution in [2.75, 3.05) is 18.0 Å². The fourth-order valence-corrected chi connectivity index (χ4v) is 2.43. The van der Waals surface area contributed by atoms with Crippen molar-refractivity contribution in [1.29, 1.82) is 0 Å². The first kappa shape index (κ1) is 11.0. The summed E-state index contributed by atoms with van der Waals surface area (Å²) < 4.78 is 0. The first-order valence-corrected chi connectivity index (χ1v) is 6.02. The first-order chi connectivity index (χ1) is 8.65. The Morgan fingerprint density at radius 3 is 2.83 bits per heavy atom. The van der Waals surface area contributed by atoms with E-state index in [1.807, 2.05) is 18.2 Å². The van der Waals surface area contributed by atoms with Crippen molar-refractivity contribution in [2.24, 2.45) is 5.92 Å². The summed E-state index contributed by atoms with van der Waals surface area (Å²) in [6.07, 6.45) is 1.54. The highest BCUT2D eigenvalue weighted by Crippen LogP contribution is 2.28. The van der Waals surface area contributed by atoms with Gasteiger partial charge in [0.1, 0.15) is 0 Å². The summed E-state index contributed by atoms with van der Waals surface area (Å²) in [5.74, 6) is -0.190. The van der Waals surface area contributed by atoms with Crippen LogP contribution in [0.5, 0.6) is 0 Å². The third kappa shape index (κ3) is 1.70. The molecule has 3 rings (SSSR count). The van der Waals surface area contributed by atoms with Gasteiger partial charge < -0.3 is 10.0 Å². The summed E-state index contributed by atoms with van der Waals surface area (Å²) in [5, 5.41) is 9.89. The molecule has 0 radical (unpaired) electrons. The number of carbonyl (C=O) groups is 1. The van der Waals surface area contributed by atoms with Crippen LogP contribution in [0.25, 0.3) is 10.9 Å². The Kier molecular flexibility index (Phi) is 2.44. The maximum atomic E-state index is 11.2. The third-order valence-corrected chi connectivity index (χ3v) is 3.38. The lowest BCUT2D eigenvalue weighted by Crippen LogP contribution is -2.45. The van der Waals surface area contributed by atoms with Crippen molar-refractivity contribution in [3.05, 3.63) is 36.0 Å². The molecule has 4 nitrogen and oxygen atoms in total. The molecule has 0 atom stereocenters. The number of rotatable bonds is 2. The van der Waals surface area contributed by atoms with Crippen LogP contribution in [0.15, 0.2) is 30.5 Å². The van der Waals surface area contributed by atoms with Crippen LogP contribution in [-0.4, -0.2) is 29.1 Å². The van der Waals surface area contributed by atoms with E-state index in [0.29, 0.717) is 16.9 Å². The third-order valence-electron chi connectivity index (χ3n) is 3.38. The highest BCUT2D eigenvalue weighted by atomic mass is 16.4. The molecule has 0 unspecified atom stereocenters. The number of benzene rings is 1. The molecule has 0 amide bonds. The molecule has 1 aliphatic heterocycles. The molecule has 0 spiro atoms. The lowest BCUT2D eigenvalue weighted by molar-refractivity contribution is 0.0699. The smallest absolute Gasteiger partial charge is 0.336 e. The number of anilines is 1. The van der Waals surface area contributed by atoms with Gasteiger partial charge in [-0.05, 0) is 30.2 Å². The number of hydrogen-bond donors (Lipinski definition) is 1. The minimum Gasteiger partial charge on any atom is -0.478 e. The molecule has 0 aliphatic carbocycles. The van der Waals surface area contributed by atoms with Gasteiger partial charge in [0.2, 0.25) is 0 Å². The average molecular weight is 242 g/mol. The van der Waals surface area contributed by atoms with Crippen molar-refractivity contribution in [3.63, 3.8) is 0 Å². The minimum atomic E-state index is -0.906. The molecular weight excluding hydrogens is 228 g/mol. The molecule has 1 saturated heterocycles. The maximum absolute atomic E-state index is 11.2. The van der Waals surface area contributed by atoms with E-state index in [4.69, 9.17) is 0 Å². The predicted molar refractivity (Wildman–Crippen MR) is 70.1 cm³/mol. The van der Waals surface area contributed by atoms with Crippen LogP contribution in [0, 0.1) is 5.92 Å². The van der Waals surface area contributed by atoms with E-state index in [-0.39, 0.29) is 0 Å². The zero-order valence-electron chi connectivity index (χ0n) is 10.1. The number of carboxylic acid groups (broad SMARTS) is 1. The van der Waals surface area contributed by atoms with Gasteiger partial charge in [-0.3, -0.25) is 4.98 Å². The second kappa shape index (κ2) is 3.98. The van der Waals surface area contributed by atoms with E-state index in [0.717, 1.165) is 24.3 Å². The Bertz CT molecular complexity index is 618. The molecule has 92 valence electrons. The van der Waals surface area contributed by atoms with Gasteiger partial charge in [-0.1, -0.05) is 6.92 Å². The van der Waals surface area contributed by atoms with Gasteiger partial charge >= 0.3 is 5.97 Å². The molecule has 18 heavy (non-hydrogen) atoms. The molecule has 2 heterocycles. The van der Waals surface area contributed by atoms with Gasteiger partial charge in [-0.2, -0.15) is 0 Å². The van der Waals surface area contributed by atoms with Crippen LogP contribution in [-0.2, 0) is 0 Å². The largest absolute Gasteiger partial charge is 0.478 e. The lowest BCUT2D eigenvalue weighted by Gasteiger charge is -2.39. The van der Waals surface area contributed by atoms with Gasteiger partial charge in [-0.25, -0.2) is 4.79 Å². The number of hydrogen-bond acceptors (Lipinski definition) is 3. The fourth-order valence-electron chi connectivity index (χ4n) is 2.43. The van der Waals surface area contributed by atoms with E-state index in [2.05, 4.69) is 16.8 Å². The Morgan fingerprint density at radius 1 is 1.39 bits per heavy atom. The zero-order chi connectivity index (χ0) is 12.7. The first-order valence-electron chi connectivity index (χ1n) is 6.02. The highest BCUT2D eigenvalue weighted by Gasteiger charge is 2.23. The number of aromatic nitrogens is 1. The summed E-state index contributed by atoms with van der Waals surface area (Å²) in [6, 6.07) is 7.37. The van der Waals surface area contributed by atoms with Crippen molar-refractivity contribution in [3.8, 4) is 0 Å². The number of aromatic carboxylic acids is 1. The van der Waals surface area contributed by atoms with Crippen molar-refractivity contribution in [2.45, 2.75) is 6.92 Å². The Hall–Kier alpha value is -2.10. The van der Waals surface area contributed by atoms with E-state index in [1.54, 1.807) is 6.07 Å². The van der Waals surface area contributed by atoms with Crippen LogP contribution in [0.1, 0.15) is 17.3 Å². The second-order valence-electron chi connectivity index (χ2n) is 4.88. The van der Waals surface area contributed by atoms with Crippen LogP contribution in [0.3, 0.4) is 0 Å². The molecular formula is C14H14N2O2. The van der Waals surface area contributed by atoms with Gasteiger partial charge in [-0.15, -0.1) is 0 Å². The number of carboxylic acids is 1. The fraction of sp³-hybridized carbons (Fsp3) is 0.286. The second-order valence-corrected chi connectivity index (χ2v) is 4.88. The highest BCUT2D eigenvalue weighted by molar-refractivity contribution is 6.03. The topological polar surface area (TPSA) is 53.4 Å². The van der Waals surface area contributed by atoms with Gasteiger partial charge in [0, 0.05) is 30.4 Å². The van der Waals surface area contributed by atoms with Crippen molar-refractivity contribution < 1.29 is 9.90 Å². The molecule has 1 aromatic carbocycles. The summed E-state index contributed by atoms with van der Waals surface area (Å²) in [7, 11) is 0. The van der Waals surface area contributed by atoms with Gasteiger partial charge in [0.15, 0.2) is 0 Å². The van der Waals surface area contributed by atoms with Gasteiger partial charge in [0.05, 0.1) is 11.1 Å². The molecule has 1 N–H and O–H groups in total. The monoisotopic (exact) mass is 242 g/mol. The molecule has 4 heteroatoms. The SMILES string of the molecule is CC1CN(c2ccc3nccc(C(=O)O)c3c2)C1. The van der Waals surface area contributed by atoms with Crippen LogP contribution in [0.2, 0.25) is 0 Å². The number of pyridine rings is 1. The summed E-state index contributed by atoms with van der Waals surface area (Å²) >= 11 is 0. The number of fused-ring (bicyclic) bond motifs is 1. The molecule has 1 aromatic heterocycles. The van der Waals surface area contributed by atoms with E-state index >= 15 is 0 Å². The predicted octanol–water partition coefficient (Wildman–Crippen LogP) is 2.39. The van der Waals surface area contributed by atoms with Crippen LogP contribution in [0.4, 0.5) is 5.69 Å². The molecule has 0 bridgehead atoms. The van der Waals surface area contributed by atoms with E-state index < -0.39 is 5.97 Å². The van der Waals surface area contributed by atoms with E-state index in [9.17, 15) is 9.90 Å². The maximum Gasteiger partial charge on any atom is 0.336 e. The Balaban J connectivity index is 2.09. The van der Waals surface area contributed by atoms with Crippen molar-refractivity contribution in [1.82, 2.24) is 4.98 Å². The van der Waals surface area contributed by atoms with Gasteiger partial charge in [0.25, 0.3) is 0 Å². The summed E-state index contributed by atoms with van der Waals surface area (Å²) in [6.45, 7) is 4.28. The zero-order valence-corrected chi connectivity index (χ0v) is 10.1. The lowest BCUT2D eigenvalue weighted by atomic mass is 10.0. The van der Waals surface area contributed by atoms with Crippen molar-refractivity contribution >= 4 is 22.6 Å². The standard InChI is InChI=1S/C14H14N2O2/c1-9-7-16(8-9)10-2-3-13-12(6-10)11(14(17)18)4-5-15-13/h2-6,9H,7-8H2,1H3,(H,17,18). The summed E-state index contributed by atoms with van der Waals surface area (Å²) in [4.78, 5) is 17.6. The molecule has 0 saturated carbocycles. The molecule has 2 aromatic rings. The minimum absolute atomic E-state index is 0.315. The number of nitrogens with zero attached hydrogens (tertiary/aromatic N) is 2. The quantitative estimate of drug-likeness (QED) is 0.878. The Morgan fingerprint density at radius 2 is 2.17 bits per heavy atom. The van der Waals surface area contributed by atoms with E-state index in [1.165, 1.54) is 6.20 Å². The van der Waals surface area contributed by atoms with Crippen LogP contribution < -0.4 is 4.90 Å². The normalized spacial score (nSPS) is 15.7.